The highest BCUT2D eigenvalue weighted by Crippen LogP contribution is 2.26. The zero-order valence-electron chi connectivity index (χ0n) is 11.5. The van der Waals surface area contributed by atoms with E-state index >= 15 is 0 Å². The third kappa shape index (κ3) is 5.26. The van der Waals surface area contributed by atoms with Gasteiger partial charge in [0.25, 0.3) is 5.69 Å². The first kappa shape index (κ1) is 16.6. The highest BCUT2D eigenvalue weighted by Gasteiger charge is 2.15. The molecule has 110 valence electrons. The first-order valence-corrected chi connectivity index (χ1v) is 7.02. The second kappa shape index (κ2) is 7.35. The third-order valence-electron chi connectivity index (χ3n) is 2.62. The fourth-order valence-electron chi connectivity index (χ4n) is 1.98. The number of halogens is 1. The molecule has 20 heavy (non-hydrogen) atoms. The molecule has 6 nitrogen and oxygen atoms in total. The normalized spacial score (nSPS) is 11.1. The number of rotatable bonds is 7. The lowest BCUT2D eigenvalue weighted by atomic mass is 10.1. The highest BCUT2D eigenvalue weighted by molar-refractivity contribution is 9.10. The maximum atomic E-state index is 11.1. The minimum absolute atomic E-state index is 0.0195. The Morgan fingerprint density at radius 2 is 2.15 bits per heavy atom. The Morgan fingerprint density at radius 3 is 2.65 bits per heavy atom. The molecule has 7 heteroatoms. The van der Waals surface area contributed by atoms with Gasteiger partial charge in [0.2, 0.25) is 5.91 Å². The molecule has 0 aliphatic rings. The molecule has 0 radical (unpaired) electrons. The monoisotopic (exact) mass is 343 g/mol. The van der Waals surface area contributed by atoms with Crippen molar-refractivity contribution in [2.45, 2.75) is 20.4 Å². The molecule has 1 rings (SSSR count). The van der Waals surface area contributed by atoms with Crippen molar-refractivity contribution in [2.24, 2.45) is 11.7 Å². The van der Waals surface area contributed by atoms with Gasteiger partial charge in [0.05, 0.1) is 15.9 Å². The lowest BCUT2D eigenvalue weighted by Crippen LogP contribution is -2.35. The smallest absolute Gasteiger partial charge is 0.283 e. The van der Waals surface area contributed by atoms with Crippen LogP contribution in [0.3, 0.4) is 0 Å². The van der Waals surface area contributed by atoms with Gasteiger partial charge < -0.3 is 5.73 Å². The van der Waals surface area contributed by atoms with Gasteiger partial charge >= 0.3 is 0 Å². The van der Waals surface area contributed by atoms with E-state index < -0.39 is 10.8 Å². The molecule has 0 saturated carbocycles. The molecule has 0 aromatic heterocycles. The van der Waals surface area contributed by atoms with Crippen molar-refractivity contribution in [1.82, 2.24) is 4.90 Å². The van der Waals surface area contributed by atoms with Crippen LogP contribution in [0.2, 0.25) is 0 Å². The summed E-state index contributed by atoms with van der Waals surface area (Å²) in [6.07, 6.45) is 0. The van der Waals surface area contributed by atoms with E-state index in [4.69, 9.17) is 5.73 Å². The number of nitro groups is 1. The van der Waals surface area contributed by atoms with E-state index in [1.165, 1.54) is 6.07 Å². The number of hydrogen-bond donors (Lipinski definition) is 1. The SMILES string of the molecule is CC(C)CN(CC(N)=O)Cc1ccc(Br)c([N+](=O)[O-])c1. The molecule has 0 atom stereocenters. The van der Waals surface area contributed by atoms with Crippen LogP contribution in [0.1, 0.15) is 19.4 Å². The number of carbonyl (C=O) groups excluding carboxylic acids is 1. The fourth-order valence-corrected chi connectivity index (χ4v) is 2.37. The average Bonchev–Trinajstić information content (AvgIpc) is 2.29. The molecule has 0 spiro atoms. The van der Waals surface area contributed by atoms with Crippen LogP contribution in [0.5, 0.6) is 0 Å². The molecule has 0 aliphatic heterocycles. The summed E-state index contributed by atoms with van der Waals surface area (Å²) in [6.45, 7) is 5.38. The molecule has 0 fully saturated rings. The second-order valence-corrected chi connectivity index (χ2v) is 5.93. The number of nitrogens with two attached hydrogens (primary N) is 1. The Labute approximate surface area is 126 Å². The largest absolute Gasteiger partial charge is 0.369 e. The van der Waals surface area contributed by atoms with E-state index in [2.05, 4.69) is 15.9 Å². The van der Waals surface area contributed by atoms with Crippen molar-refractivity contribution < 1.29 is 9.72 Å². The summed E-state index contributed by atoms with van der Waals surface area (Å²) in [5.74, 6) is -0.0305. The highest BCUT2D eigenvalue weighted by atomic mass is 79.9. The van der Waals surface area contributed by atoms with Gasteiger partial charge in [-0.1, -0.05) is 19.9 Å². The van der Waals surface area contributed by atoms with Crippen LogP contribution in [0.15, 0.2) is 22.7 Å². The summed E-state index contributed by atoms with van der Waals surface area (Å²) in [5, 5.41) is 10.9. The van der Waals surface area contributed by atoms with Gasteiger partial charge in [0.15, 0.2) is 0 Å². The number of primary amides is 1. The Balaban J connectivity index is 2.90. The molecule has 0 saturated heterocycles. The molecule has 0 bridgehead atoms. The maximum absolute atomic E-state index is 11.1. The number of benzene rings is 1. The zero-order chi connectivity index (χ0) is 15.3. The van der Waals surface area contributed by atoms with Gasteiger partial charge in [-0.2, -0.15) is 0 Å². The topological polar surface area (TPSA) is 89.5 Å². The van der Waals surface area contributed by atoms with Crippen molar-refractivity contribution in [2.75, 3.05) is 13.1 Å². The van der Waals surface area contributed by atoms with E-state index in [0.717, 1.165) is 5.56 Å². The molecule has 1 amide bonds. The number of carbonyl (C=O) groups is 1. The lowest BCUT2D eigenvalue weighted by Gasteiger charge is -2.22. The molecule has 0 heterocycles. The summed E-state index contributed by atoms with van der Waals surface area (Å²) in [4.78, 5) is 23.4. The van der Waals surface area contributed by atoms with Crippen LogP contribution in [-0.4, -0.2) is 28.8 Å². The molecule has 1 aromatic rings. The summed E-state index contributed by atoms with van der Waals surface area (Å²) in [6, 6.07) is 4.95. The first-order chi connectivity index (χ1) is 9.29. The summed E-state index contributed by atoms with van der Waals surface area (Å²) < 4.78 is 0.441. The van der Waals surface area contributed by atoms with Crippen LogP contribution in [0.4, 0.5) is 5.69 Å². The molecular weight excluding hydrogens is 326 g/mol. The molecule has 1 aromatic carbocycles. The van der Waals surface area contributed by atoms with Crippen LogP contribution in [-0.2, 0) is 11.3 Å². The minimum atomic E-state index is -0.436. The minimum Gasteiger partial charge on any atom is -0.369 e. The standard InChI is InChI=1S/C13H18BrN3O3/c1-9(2)6-16(8-13(15)18)7-10-3-4-11(14)12(5-10)17(19)20/h3-5,9H,6-8H2,1-2H3,(H2,15,18). The van der Waals surface area contributed by atoms with Crippen molar-refractivity contribution in [3.05, 3.63) is 38.3 Å². The van der Waals surface area contributed by atoms with E-state index in [1.807, 2.05) is 18.7 Å². The predicted octanol–water partition coefficient (Wildman–Crippen LogP) is 2.30. The predicted molar refractivity (Wildman–Crippen MR) is 80.1 cm³/mol. The van der Waals surface area contributed by atoms with Crippen LogP contribution in [0, 0.1) is 16.0 Å². The van der Waals surface area contributed by atoms with Crippen LogP contribution < -0.4 is 5.73 Å². The third-order valence-corrected chi connectivity index (χ3v) is 3.29. The van der Waals surface area contributed by atoms with Crippen molar-refractivity contribution in [3.8, 4) is 0 Å². The van der Waals surface area contributed by atoms with Gasteiger partial charge in [-0.05, 0) is 33.5 Å². The second-order valence-electron chi connectivity index (χ2n) is 5.07. The van der Waals surface area contributed by atoms with Crippen LogP contribution in [0.25, 0.3) is 0 Å². The van der Waals surface area contributed by atoms with Crippen molar-refractivity contribution >= 4 is 27.5 Å². The van der Waals surface area contributed by atoms with Crippen molar-refractivity contribution in [1.29, 1.82) is 0 Å². The summed E-state index contributed by atoms with van der Waals surface area (Å²) >= 11 is 3.15. The molecular formula is C13H18BrN3O3. The van der Waals surface area contributed by atoms with Gasteiger partial charge in [0, 0.05) is 19.2 Å². The van der Waals surface area contributed by atoms with Gasteiger partial charge in [-0.3, -0.25) is 19.8 Å². The van der Waals surface area contributed by atoms with E-state index in [0.29, 0.717) is 23.5 Å². The van der Waals surface area contributed by atoms with Gasteiger partial charge in [-0.25, -0.2) is 0 Å². The molecule has 0 unspecified atom stereocenters. The average molecular weight is 344 g/mol. The maximum Gasteiger partial charge on any atom is 0.283 e. The summed E-state index contributed by atoms with van der Waals surface area (Å²) in [5.41, 5.74) is 6.03. The number of hydrogen-bond acceptors (Lipinski definition) is 4. The summed E-state index contributed by atoms with van der Waals surface area (Å²) in [7, 11) is 0. The fraction of sp³-hybridized carbons (Fsp3) is 0.462. The van der Waals surface area contributed by atoms with Gasteiger partial charge in [-0.15, -0.1) is 0 Å². The number of nitrogens with zero attached hydrogens (tertiary/aromatic N) is 2. The van der Waals surface area contributed by atoms with Crippen LogP contribution >= 0.6 is 15.9 Å². The Kier molecular flexibility index (Phi) is 6.09. The lowest BCUT2D eigenvalue weighted by molar-refractivity contribution is -0.385. The van der Waals surface area contributed by atoms with E-state index in [-0.39, 0.29) is 12.2 Å². The van der Waals surface area contributed by atoms with E-state index in [9.17, 15) is 14.9 Å². The van der Waals surface area contributed by atoms with Crippen molar-refractivity contribution in [3.63, 3.8) is 0 Å². The Bertz CT molecular complexity index is 506. The first-order valence-electron chi connectivity index (χ1n) is 6.23. The Hall–Kier alpha value is -1.47. The molecule has 0 aliphatic carbocycles. The number of amides is 1. The Morgan fingerprint density at radius 1 is 1.50 bits per heavy atom. The quantitative estimate of drug-likeness (QED) is 0.607. The molecule has 2 N–H and O–H groups in total. The van der Waals surface area contributed by atoms with E-state index in [1.54, 1.807) is 12.1 Å². The zero-order valence-corrected chi connectivity index (χ0v) is 13.1. The number of nitro benzene ring substituents is 1. The van der Waals surface area contributed by atoms with Gasteiger partial charge in [0.1, 0.15) is 0 Å².